The van der Waals surface area contributed by atoms with Crippen molar-refractivity contribution in [2.75, 3.05) is 0 Å². The van der Waals surface area contributed by atoms with Crippen LogP contribution in [0.4, 0.5) is 0 Å². The van der Waals surface area contributed by atoms with Gasteiger partial charge in [0, 0.05) is 0 Å². The van der Waals surface area contributed by atoms with E-state index in [9.17, 15) is 0 Å². The van der Waals surface area contributed by atoms with Crippen LogP contribution >= 0.6 is 13.3 Å². The third-order valence-electron chi connectivity index (χ3n) is 2.04. The molecule has 0 fully saturated rings. The molecule has 0 aliphatic rings. The van der Waals surface area contributed by atoms with Crippen LogP contribution in [0.1, 0.15) is 55.4 Å². The van der Waals surface area contributed by atoms with Crippen LogP contribution in [0.25, 0.3) is 0 Å². The first kappa shape index (κ1) is 16.4. The average molecular weight is 293 g/mol. The average Bonchev–Trinajstić information content (AvgIpc) is 2.01. The summed E-state index contributed by atoms with van der Waals surface area (Å²) in [7, 11) is 0. The molecule has 0 amide bonds. The van der Waals surface area contributed by atoms with Gasteiger partial charge in [-0.25, -0.2) is 0 Å². The van der Waals surface area contributed by atoms with Gasteiger partial charge in [0.15, 0.2) is 0 Å². The topological polar surface area (TPSA) is 0 Å². The molecule has 3 heteroatoms. The molecule has 0 rings (SSSR count). The van der Waals surface area contributed by atoms with Crippen LogP contribution in [0, 0.1) is 0 Å². The third-order valence-corrected chi connectivity index (χ3v) is 17.8. The van der Waals surface area contributed by atoms with E-state index in [2.05, 4.69) is 55.4 Å². The van der Waals surface area contributed by atoms with E-state index in [1.165, 1.54) is 0 Å². The van der Waals surface area contributed by atoms with Gasteiger partial charge in [-0.15, -0.1) is 0 Å². The SMILES string of the molecule is CC(C)[P]([Co][P](C(C)C)C(C)C)C(C)C. The van der Waals surface area contributed by atoms with E-state index in [1.807, 2.05) is 13.8 Å². The second kappa shape index (κ2) is 7.65. The third kappa shape index (κ3) is 6.01. The van der Waals surface area contributed by atoms with Gasteiger partial charge in [-0.2, -0.15) is 0 Å². The van der Waals surface area contributed by atoms with Crippen molar-refractivity contribution in [3.05, 3.63) is 0 Å². The summed E-state index contributed by atoms with van der Waals surface area (Å²) in [5, 5.41) is 0. The molecule has 0 radical (unpaired) electrons. The Bertz CT molecular complexity index is 133. The van der Waals surface area contributed by atoms with E-state index in [4.69, 9.17) is 0 Å². The Morgan fingerprint density at radius 2 is 0.733 bits per heavy atom. The van der Waals surface area contributed by atoms with Gasteiger partial charge < -0.3 is 0 Å². The van der Waals surface area contributed by atoms with Crippen LogP contribution in [0.2, 0.25) is 0 Å². The summed E-state index contributed by atoms with van der Waals surface area (Å²) in [6.45, 7) is 19.7. The van der Waals surface area contributed by atoms with Crippen LogP contribution in [0.15, 0.2) is 0 Å². The van der Waals surface area contributed by atoms with Crippen LogP contribution in [-0.4, -0.2) is 22.6 Å². The number of hydrogen-bond donors (Lipinski definition) is 0. The summed E-state index contributed by atoms with van der Waals surface area (Å²) in [6, 6.07) is 0. The van der Waals surface area contributed by atoms with Crippen molar-refractivity contribution in [3.8, 4) is 0 Å². The standard InChI is InChI=1S/2C6H14P.Co/c2*1-5(2)7-6(3)4;/h2*5-6H,1-4H3;/q2*-1;+2. The van der Waals surface area contributed by atoms with E-state index in [-0.39, 0.29) is 13.3 Å². The molecule has 0 saturated carbocycles. The molecule has 0 unspecified atom stereocenters. The summed E-state index contributed by atoms with van der Waals surface area (Å²) in [6.07, 6.45) is 0. The van der Waals surface area contributed by atoms with Crippen LogP contribution in [0.3, 0.4) is 0 Å². The van der Waals surface area contributed by atoms with Crippen LogP contribution in [-0.2, 0) is 13.8 Å². The molecule has 0 nitrogen and oxygen atoms in total. The normalized spacial score (nSPS) is 13.5. The number of hydrogen-bond acceptors (Lipinski definition) is 0. The molecule has 0 bridgehead atoms. The molecule has 0 saturated heterocycles. The molecule has 0 aromatic carbocycles. The molecule has 0 spiro atoms. The van der Waals surface area contributed by atoms with Crippen molar-refractivity contribution in [2.45, 2.75) is 78.0 Å². The molecular formula is C12H28CoP2. The van der Waals surface area contributed by atoms with Gasteiger partial charge in [0.2, 0.25) is 0 Å². The molecule has 0 aromatic rings. The van der Waals surface area contributed by atoms with Crippen LogP contribution < -0.4 is 0 Å². The van der Waals surface area contributed by atoms with E-state index >= 15 is 0 Å². The first-order valence-electron chi connectivity index (χ1n) is 5.95. The van der Waals surface area contributed by atoms with Gasteiger partial charge in [-0.1, -0.05) is 0 Å². The van der Waals surface area contributed by atoms with E-state index < -0.39 is 0 Å². The van der Waals surface area contributed by atoms with Gasteiger partial charge in [0.05, 0.1) is 0 Å². The first-order valence-corrected chi connectivity index (χ1v) is 11.4. The van der Waals surface area contributed by atoms with Crippen molar-refractivity contribution < 1.29 is 13.8 Å². The summed E-state index contributed by atoms with van der Waals surface area (Å²) >= 11 is 1.84. The molecule has 95 valence electrons. The van der Waals surface area contributed by atoms with Gasteiger partial charge in [-0.3, -0.25) is 0 Å². The second-order valence-corrected chi connectivity index (χ2v) is 16.1. The molecule has 15 heavy (non-hydrogen) atoms. The first-order chi connectivity index (χ1) is 6.77. The number of rotatable bonds is 6. The Labute approximate surface area is 105 Å². The van der Waals surface area contributed by atoms with Crippen LogP contribution in [0.5, 0.6) is 0 Å². The molecular weight excluding hydrogens is 265 g/mol. The molecule has 0 N–H and O–H groups in total. The molecule has 0 atom stereocenters. The molecule has 0 heterocycles. The predicted molar refractivity (Wildman–Crippen MR) is 74.4 cm³/mol. The summed E-state index contributed by atoms with van der Waals surface area (Å²) in [5.41, 5.74) is 3.56. The zero-order valence-electron chi connectivity index (χ0n) is 11.5. The van der Waals surface area contributed by atoms with Crippen molar-refractivity contribution >= 4 is 13.3 Å². The van der Waals surface area contributed by atoms with E-state index in [0.717, 1.165) is 22.6 Å². The van der Waals surface area contributed by atoms with Gasteiger partial charge in [-0.05, 0) is 0 Å². The maximum absolute atomic E-state index is 2.41. The Morgan fingerprint density at radius 1 is 0.533 bits per heavy atom. The van der Waals surface area contributed by atoms with Gasteiger partial charge >= 0.3 is 105 Å². The van der Waals surface area contributed by atoms with Gasteiger partial charge in [0.1, 0.15) is 0 Å². The molecule has 0 aliphatic carbocycles. The van der Waals surface area contributed by atoms with Crippen molar-refractivity contribution in [1.29, 1.82) is 0 Å². The maximum atomic E-state index is 2.41. The van der Waals surface area contributed by atoms with Crippen molar-refractivity contribution in [2.24, 2.45) is 0 Å². The second-order valence-electron chi connectivity index (χ2n) is 5.08. The van der Waals surface area contributed by atoms with Crippen molar-refractivity contribution in [1.82, 2.24) is 0 Å². The van der Waals surface area contributed by atoms with E-state index in [0.29, 0.717) is 0 Å². The van der Waals surface area contributed by atoms with E-state index in [1.54, 1.807) is 0 Å². The molecule has 0 aromatic heterocycles. The fourth-order valence-corrected chi connectivity index (χ4v) is 18.3. The Hall–Kier alpha value is 1.37. The Kier molecular flexibility index (Phi) is 8.34. The Balaban J connectivity index is 4.48. The Morgan fingerprint density at radius 3 is 0.867 bits per heavy atom. The summed E-state index contributed by atoms with van der Waals surface area (Å²) in [4.78, 5) is 0. The summed E-state index contributed by atoms with van der Waals surface area (Å²) < 4.78 is 0. The fourth-order valence-electron chi connectivity index (χ4n) is 1.59. The quantitative estimate of drug-likeness (QED) is 0.567. The zero-order chi connectivity index (χ0) is 12.2. The predicted octanol–water partition coefficient (Wildman–Crippen LogP) is 5.50. The summed E-state index contributed by atoms with van der Waals surface area (Å²) in [5.74, 6) is 0. The minimum atomic E-state index is 0.215. The minimum absolute atomic E-state index is 0.215. The fraction of sp³-hybridized carbons (Fsp3) is 1.00. The monoisotopic (exact) mass is 293 g/mol. The van der Waals surface area contributed by atoms with Crippen molar-refractivity contribution in [3.63, 3.8) is 0 Å². The van der Waals surface area contributed by atoms with Gasteiger partial charge in [0.25, 0.3) is 0 Å². The zero-order valence-corrected chi connectivity index (χ0v) is 14.4. The molecule has 0 aliphatic heterocycles.